The number of amides is 1. The van der Waals surface area contributed by atoms with Crippen molar-refractivity contribution in [1.82, 2.24) is 5.01 Å². The van der Waals surface area contributed by atoms with Crippen LogP contribution in [0.5, 0.6) is 0 Å². The number of hydrogen-bond acceptors (Lipinski definition) is 5. The number of aryl methyl sites for hydroxylation is 1. The quantitative estimate of drug-likeness (QED) is 0.639. The average molecular weight is 440 g/mol. The molecule has 0 saturated carbocycles. The van der Waals surface area contributed by atoms with E-state index in [1.54, 1.807) is 34.5 Å². The fourth-order valence-corrected chi connectivity index (χ4v) is 4.81. The summed E-state index contributed by atoms with van der Waals surface area (Å²) in [6.07, 6.45) is 1.71. The zero-order chi connectivity index (χ0) is 21.3. The molecule has 1 atom stereocenters. The molecule has 0 fully saturated rings. The molecule has 1 aliphatic heterocycles. The first-order valence-corrected chi connectivity index (χ1v) is 12.2. The Balaban J connectivity index is 1.66. The lowest BCUT2D eigenvalue weighted by Crippen LogP contribution is -2.26. The van der Waals surface area contributed by atoms with E-state index in [0.29, 0.717) is 17.7 Å². The molecule has 0 spiro atoms. The van der Waals surface area contributed by atoms with Gasteiger partial charge in [-0.05, 0) is 48.2 Å². The molecule has 1 aliphatic rings. The zero-order valence-electron chi connectivity index (χ0n) is 16.6. The first kappa shape index (κ1) is 20.3. The van der Waals surface area contributed by atoms with E-state index < -0.39 is 10.0 Å². The molecule has 6 nitrogen and oxygen atoms in total. The van der Waals surface area contributed by atoms with Crippen LogP contribution in [0.3, 0.4) is 0 Å². The normalized spacial score (nSPS) is 16.4. The summed E-state index contributed by atoms with van der Waals surface area (Å²) in [5.74, 6) is -0.137. The second-order valence-electron chi connectivity index (χ2n) is 7.25. The number of nitrogens with zero attached hydrogens (tertiary/aromatic N) is 2. The van der Waals surface area contributed by atoms with Crippen molar-refractivity contribution >= 4 is 38.7 Å². The number of carbonyl (C=O) groups excluding carboxylic acids is 1. The van der Waals surface area contributed by atoms with Gasteiger partial charge in [-0.15, -0.1) is 11.3 Å². The molecule has 1 aromatic heterocycles. The van der Waals surface area contributed by atoms with Crippen LogP contribution in [0.4, 0.5) is 5.69 Å². The number of rotatable bonds is 5. The maximum Gasteiger partial charge on any atom is 0.274 e. The summed E-state index contributed by atoms with van der Waals surface area (Å²) in [5.41, 5.74) is 3.76. The third-order valence-electron chi connectivity index (χ3n) is 4.78. The van der Waals surface area contributed by atoms with Crippen LogP contribution >= 0.6 is 11.3 Å². The molecule has 1 N–H and O–H groups in total. The van der Waals surface area contributed by atoms with Gasteiger partial charge in [0.25, 0.3) is 5.91 Å². The highest BCUT2D eigenvalue weighted by Gasteiger charge is 2.34. The Morgan fingerprint density at radius 1 is 1.13 bits per heavy atom. The molecule has 0 aliphatic carbocycles. The van der Waals surface area contributed by atoms with Crippen molar-refractivity contribution < 1.29 is 13.2 Å². The van der Waals surface area contributed by atoms with Gasteiger partial charge >= 0.3 is 0 Å². The van der Waals surface area contributed by atoms with Crippen LogP contribution in [0.1, 0.15) is 38.8 Å². The molecule has 3 aromatic rings. The van der Waals surface area contributed by atoms with Gasteiger partial charge in [-0.1, -0.05) is 35.9 Å². The highest BCUT2D eigenvalue weighted by Crippen LogP contribution is 2.36. The first-order chi connectivity index (χ1) is 14.3. The number of hydrogen-bond donors (Lipinski definition) is 1. The summed E-state index contributed by atoms with van der Waals surface area (Å²) in [7, 11) is -3.33. The second-order valence-corrected chi connectivity index (χ2v) is 9.98. The Morgan fingerprint density at radius 3 is 2.53 bits per heavy atom. The minimum atomic E-state index is -3.33. The molecular formula is C22H21N3O3S2. The van der Waals surface area contributed by atoms with Gasteiger partial charge < -0.3 is 0 Å². The summed E-state index contributed by atoms with van der Waals surface area (Å²) in [5, 5.41) is 8.24. The standard InChI is InChI=1S/C22H21N3O3S2/c1-15-5-3-6-17(13-15)22(26)25-20(21-7-4-12-29-21)14-19(23-25)16-8-10-18(11-9-16)24-30(2,27)28/h3-13,20,24H,14H2,1-2H3/t20-/m0/s1. The number of nitrogens with one attached hydrogen (secondary N) is 1. The van der Waals surface area contributed by atoms with Gasteiger partial charge in [-0.25, -0.2) is 13.4 Å². The second kappa shape index (κ2) is 8.04. The maximum absolute atomic E-state index is 13.2. The summed E-state index contributed by atoms with van der Waals surface area (Å²) in [6, 6.07) is 18.4. The third kappa shape index (κ3) is 4.44. The Hall–Kier alpha value is -2.97. The Kier molecular flexibility index (Phi) is 5.44. The summed E-state index contributed by atoms with van der Waals surface area (Å²) in [4.78, 5) is 14.3. The van der Waals surface area contributed by atoms with Gasteiger partial charge in [0.05, 0.1) is 18.0 Å². The van der Waals surface area contributed by atoms with Crippen molar-refractivity contribution in [3.63, 3.8) is 0 Å². The van der Waals surface area contributed by atoms with E-state index in [4.69, 9.17) is 0 Å². The lowest BCUT2D eigenvalue weighted by molar-refractivity contribution is 0.0713. The molecule has 0 bridgehead atoms. The predicted octanol–water partition coefficient (Wildman–Crippen LogP) is 4.42. The number of benzene rings is 2. The van der Waals surface area contributed by atoms with Crippen molar-refractivity contribution in [2.75, 3.05) is 11.0 Å². The molecule has 0 radical (unpaired) electrons. The molecule has 0 unspecified atom stereocenters. The van der Waals surface area contributed by atoms with Crippen LogP contribution in [0.15, 0.2) is 71.1 Å². The van der Waals surface area contributed by atoms with E-state index >= 15 is 0 Å². The monoisotopic (exact) mass is 439 g/mol. The van der Waals surface area contributed by atoms with E-state index in [1.165, 1.54) is 0 Å². The molecule has 30 heavy (non-hydrogen) atoms. The van der Waals surface area contributed by atoms with E-state index in [2.05, 4.69) is 9.82 Å². The van der Waals surface area contributed by atoms with E-state index in [-0.39, 0.29) is 11.9 Å². The molecule has 0 saturated heterocycles. The van der Waals surface area contributed by atoms with Crippen LogP contribution in [-0.2, 0) is 10.0 Å². The number of anilines is 1. The van der Waals surface area contributed by atoms with Crippen LogP contribution in [0, 0.1) is 6.92 Å². The van der Waals surface area contributed by atoms with Crippen LogP contribution in [-0.4, -0.2) is 31.3 Å². The van der Waals surface area contributed by atoms with Crippen LogP contribution in [0.25, 0.3) is 0 Å². The lowest BCUT2D eigenvalue weighted by Gasteiger charge is -2.20. The van der Waals surface area contributed by atoms with Gasteiger partial charge in [0.1, 0.15) is 0 Å². The highest BCUT2D eigenvalue weighted by molar-refractivity contribution is 7.92. The van der Waals surface area contributed by atoms with Crippen molar-refractivity contribution in [3.05, 3.63) is 87.6 Å². The number of sulfonamides is 1. The van der Waals surface area contributed by atoms with Crippen molar-refractivity contribution in [2.45, 2.75) is 19.4 Å². The minimum Gasteiger partial charge on any atom is -0.284 e. The summed E-state index contributed by atoms with van der Waals surface area (Å²) < 4.78 is 25.3. The largest absolute Gasteiger partial charge is 0.284 e. The first-order valence-electron chi connectivity index (χ1n) is 9.39. The summed E-state index contributed by atoms with van der Waals surface area (Å²) >= 11 is 1.60. The average Bonchev–Trinajstić information content (AvgIpc) is 3.36. The van der Waals surface area contributed by atoms with Gasteiger partial charge in [-0.2, -0.15) is 5.10 Å². The molecule has 2 aromatic carbocycles. The Labute approximate surface area is 179 Å². The molecule has 1 amide bonds. The number of thiophene rings is 1. The Morgan fingerprint density at radius 2 is 1.90 bits per heavy atom. The molecule has 154 valence electrons. The third-order valence-corrected chi connectivity index (χ3v) is 6.36. The van der Waals surface area contributed by atoms with Gasteiger partial charge in [0.2, 0.25) is 10.0 Å². The smallest absolute Gasteiger partial charge is 0.274 e. The van der Waals surface area contributed by atoms with Crippen molar-refractivity contribution in [2.24, 2.45) is 5.10 Å². The van der Waals surface area contributed by atoms with Gasteiger partial charge in [0, 0.05) is 22.5 Å². The van der Waals surface area contributed by atoms with Gasteiger partial charge in [-0.3, -0.25) is 9.52 Å². The van der Waals surface area contributed by atoms with E-state index in [9.17, 15) is 13.2 Å². The minimum absolute atomic E-state index is 0.137. The molecule has 2 heterocycles. The molecule has 8 heteroatoms. The van der Waals surface area contributed by atoms with Gasteiger partial charge in [0.15, 0.2) is 0 Å². The number of hydrazone groups is 1. The SMILES string of the molecule is Cc1cccc(C(=O)N2N=C(c3ccc(NS(C)(=O)=O)cc3)C[C@H]2c2cccs2)c1. The van der Waals surface area contributed by atoms with E-state index in [0.717, 1.165) is 28.0 Å². The highest BCUT2D eigenvalue weighted by atomic mass is 32.2. The fraction of sp³-hybridized carbons (Fsp3) is 0.182. The van der Waals surface area contributed by atoms with Crippen molar-refractivity contribution in [3.8, 4) is 0 Å². The Bertz CT molecular complexity index is 1200. The predicted molar refractivity (Wildman–Crippen MR) is 120 cm³/mol. The lowest BCUT2D eigenvalue weighted by atomic mass is 10.0. The molecule has 4 rings (SSSR count). The van der Waals surface area contributed by atoms with Crippen LogP contribution < -0.4 is 4.72 Å². The topological polar surface area (TPSA) is 78.8 Å². The summed E-state index contributed by atoms with van der Waals surface area (Å²) in [6.45, 7) is 1.96. The zero-order valence-corrected chi connectivity index (χ0v) is 18.2. The molecular weight excluding hydrogens is 418 g/mol. The van der Waals surface area contributed by atoms with Crippen molar-refractivity contribution in [1.29, 1.82) is 0 Å². The number of carbonyl (C=O) groups is 1. The van der Waals surface area contributed by atoms with E-state index in [1.807, 2.05) is 54.8 Å². The maximum atomic E-state index is 13.2. The fourth-order valence-electron chi connectivity index (χ4n) is 3.43. The van der Waals surface area contributed by atoms with Crippen LogP contribution in [0.2, 0.25) is 0 Å².